The van der Waals surface area contributed by atoms with Crippen LogP contribution in [0.4, 0.5) is 4.39 Å². The topological polar surface area (TPSA) is 55.4 Å². The minimum Gasteiger partial charge on any atom is -0.484 e. The molecule has 0 fully saturated rings. The minimum atomic E-state index is -0.286. The van der Waals surface area contributed by atoms with E-state index in [0.29, 0.717) is 24.3 Å². The summed E-state index contributed by atoms with van der Waals surface area (Å²) in [5.41, 5.74) is 1.42. The Morgan fingerprint density at radius 2 is 1.87 bits per heavy atom. The number of halogens is 1. The molecule has 0 bridgehead atoms. The summed E-state index contributed by atoms with van der Waals surface area (Å²) in [5, 5.41) is 2.71. The Labute approximate surface area is 134 Å². The van der Waals surface area contributed by atoms with Crippen LogP contribution in [0.25, 0.3) is 0 Å². The SMILES string of the molecule is CC(=O)c1ccc(OCC(=O)NCCc2cccc(F)c2)cc1. The molecule has 0 aliphatic heterocycles. The first kappa shape index (κ1) is 16.7. The molecule has 0 heterocycles. The van der Waals surface area contributed by atoms with Crippen LogP contribution < -0.4 is 10.1 Å². The van der Waals surface area contributed by atoms with E-state index in [9.17, 15) is 14.0 Å². The first-order chi connectivity index (χ1) is 11.0. The number of ketones is 1. The highest BCUT2D eigenvalue weighted by atomic mass is 19.1. The van der Waals surface area contributed by atoms with E-state index in [1.807, 2.05) is 6.07 Å². The number of nitrogens with one attached hydrogen (secondary N) is 1. The van der Waals surface area contributed by atoms with Gasteiger partial charge in [0.05, 0.1) is 0 Å². The van der Waals surface area contributed by atoms with E-state index in [4.69, 9.17) is 4.74 Å². The summed E-state index contributed by atoms with van der Waals surface area (Å²) < 4.78 is 18.4. The second-order valence-electron chi connectivity index (χ2n) is 5.10. The lowest BCUT2D eigenvalue weighted by Gasteiger charge is -2.08. The smallest absolute Gasteiger partial charge is 0.257 e. The zero-order chi connectivity index (χ0) is 16.7. The average Bonchev–Trinajstić information content (AvgIpc) is 2.53. The van der Waals surface area contributed by atoms with Crippen molar-refractivity contribution in [3.8, 4) is 5.75 Å². The Bertz CT molecular complexity index is 683. The Morgan fingerprint density at radius 3 is 2.52 bits per heavy atom. The van der Waals surface area contributed by atoms with Crippen LogP contribution in [-0.2, 0) is 11.2 Å². The lowest BCUT2D eigenvalue weighted by atomic mass is 10.1. The molecule has 0 unspecified atom stereocenters. The molecular weight excluding hydrogens is 297 g/mol. The summed E-state index contributed by atoms with van der Waals surface area (Å²) in [6, 6.07) is 12.9. The van der Waals surface area contributed by atoms with Crippen LogP contribution in [0.1, 0.15) is 22.8 Å². The molecule has 1 amide bonds. The van der Waals surface area contributed by atoms with E-state index in [2.05, 4.69) is 5.32 Å². The molecule has 0 saturated carbocycles. The number of carbonyl (C=O) groups excluding carboxylic acids is 2. The number of carbonyl (C=O) groups is 2. The first-order valence-corrected chi connectivity index (χ1v) is 7.29. The van der Waals surface area contributed by atoms with Crippen LogP contribution in [0.15, 0.2) is 48.5 Å². The maximum Gasteiger partial charge on any atom is 0.257 e. The van der Waals surface area contributed by atoms with Crippen molar-refractivity contribution < 1.29 is 18.7 Å². The second kappa shape index (κ2) is 8.08. The van der Waals surface area contributed by atoms with Gasteiger partial charge in [0.2, 0.25) is 0 Å². The number of ether oxygens (including phenoxy) is 1. The molecule has 1 N–H and O–H groups in total. The summed E-state index contributed by atoms with van der Waals surface area (Å²) in [6.45, 7) is 1.79. The van der Waals surface area contributed by atoms with E-state index in [1.165, 1.54) is 19.1 Å². The van der Waals surface area contributed by atoms with Gasteiger partial charge in [-0.2, -0.15) is 0 Å². The fourth-order valence-electron chi connectivity index (χ4n) is 2.02. The van der Waals surface area contributed by atoms with Crippen molar-refractivity contribution in [2.24, 2.45) is 0 Å². The van der Waals surface area contributed by atoms with Crippen molar-refractivity contribution in [3.63, 3.8) is 0 Å². The molecule has 2 aromatic carbocycles. The number of hydrogen-bond acceptors (Lipinski definition) is 3. The van der Waals surface area contributed by atoms with E-state index < -0.39 is 0 Å². The standard InChI is InChI=1S/C18H18FNO3/c1-13(21)15-5-7-17(8-6-15)23-12-18(22)20-10-9-14-3-2-4-16(19)11-14/h2-8,11H,9-10,12H2,1H3,(H,20,22). The van der Waals surface area contributed by atoms with E-state index >= 15 is 0 Å². The van der Waals surface area contributed by atoms with E-state index in [0.717, 1.165) is 5.56 Å². The van der Waals surface area contributed by atoms with Gasteiger partial charge in [-0.15, -0.1) is 0 Å². The Balaban J connectivity index is 1.71. The summed E-state index contributed by atoms with van der Waals surface area (Å²) in [5.74, 6) is -0.0369. The molecule has 4 nitrogen and oxygen atoms in total. The quantitative estimate of drug-likeness (QED) is 0.799. The summed E-state index contributed by atoms with van der Waals surface area (Å²) >= 11 is 0. The van der Waals surface area contributed by atoms with Gasteiger partial charge in [-0.25, -0.2) is 4.39 Å². The third-order valence-electron chi connectivity index (χ3n) is 3.26. The molecule has 2 aromatic rings. The van der Waals surface area contributed by atoms with Gasteiger partial charge in [0.25, 0.3) is 5.91 Å². The van der Waals surface area contributed by atoms with Crippen molar-refractivity contribution in [1.82, 2.24) is 5.32 Å². The number of amides is 1. The molecule has 0 aliphatic rings. The zero-order valence-corrected chi connectivity index (χ0v) is 12.8. The molecule has 0 aromatic heterocycles. The van der Waals surface area contributed by atoms with Gasteiger partial charge in [-0.05, 0) is 55.3 Å². The summed E-state index contributed by atoms with van der Waals surface area (Å²) in [6.07, 6.45) is 0.552. The van der Waals surface area contributed by atoms with Gasteiger partial charge in [-0.1, -0.05) is 12.1 Å². The Morgan fingerprint density at radius 1 is 1.13 bits per heavy atom. The molecule has 0 spiro atoms. The molecule has 2 rings (SSSR count). The number of benzene rings is 2. The van der Waals surface area contributed by atoms with Crippen molar-refractivity contribution >= 4 is 11.7 Å². The highest BCUT2D eigenvalue weighted by molar-refractivity contribution is 5.94. The molecule has 0 saturated heterocycles. The van der Waals surface area contributed by atoms with Gasteiger partial charge in [0.15, 0.2) is 12.4 Å². The first-order valence-electron chi connectivity index (χ1n) is 7.29. The number of Topliss-reactive ketones (excluding diaryl/α,β-unsaturated/α-hetero) is 1. The van der Waals surface area contributed by atoms with Crippen LogP contribution in [0.2, 0.25) is 0 Å². The molecule has 0 atom stereocenters. The van der Waals surface area contributed by atoms with E-state index in [1.54, 1.807) is 30.3 Å². The molecule has 5 heteroatoms. The maximum atomic E-state index is 13.0. The number of hydrogen-bond donors (Lipinski definition) is 1. The normalized spacial score (nSPS) is 10.2. The third kappa shape index (κ3) is 5.54. The van der Waals surface area contributed by atoms with Crippen LogP contribution in [0, 0.1) is 5.82 Å². The number of rotatable bonds is 7. The second-order valence-corrected chi connectivity index (χ2v) is 5.10. The van der Waals surface area contributed by atoms with Gasteiger partial charge >= 0.3 is 0 Å². The predicted octanol–water partition coefficient (Wildman–Crippen LogP) is 2.77. The van der Waals surface area contributed by atoms with E-state index in [-0.39, 0.29) is 24.1 Å². The Hall–Kier alpha value is -2.69. The monoisotopic (exact) mass is 315 g/mol. The minimum absolute atomic E-state index is 0.0216. The maximum absolute atomic E-state index is 13.0. The highest BCUT2D eigenvalue weighted by Crippen LogP contribution is 2.12. The van der Waals surface area contributed by atoms with Crippen LogP contribution >= 0.6 is 0 Å². The lowest BCUT2D eigenvalue weighted by molar-refractivity contribution is -0.123. The van der Waals surface area contributed by atoms with Crippen molar-refractivity contribution in [2.75, 3.05) is 13.2 Å². The molecular formula is C18H18FNO3. The van der Waals surface area contributed by atoms with Crippen molar-refractivity contribution in [1.29, 1.82) is 0 Å². The lowest BCUT2D eigenvalue weighted by Crippen LogP contribution is -2.30. The zero-order valence-electron chi connectivity index (χ0n) is 12.8. The molecule has 0 aliphatic carbocycles. The van der Waals surface area contributed by atoms with Gasteiger partial charge < -0.3 is 10.1 Å². The van der Waals surface area contributed by atoms with Crippen molar-refractivity contribution in [3.05, 3.63) is 65.5 Å². The average molecular weight is 315 g/mol. The van der Waals surface area contributed by atoms with Crippen LogP contribution in [0.5, 0.6) is 5.75 Å². The van der Waals surface area contributed by atoms with Gasteiger partial charge in [-0.3, -0.25) is 9.59 Å². The molecule has 0 radical (unpaired) electrons. The van der Waals surface area contributed by atoms with Gasteiger partial charge in [0, 0.05) is 12.1 Å². The third-order valence-corrected chi connectivity index (χ3v) is 3.26. The fourth-order valence-corrected chi connectivity index (χ4v) is 2.02. The summed E-state index contributed by atoms with van der Waals surface area (Å²) in [4.78, 5) is 22.8. The van der Waals surface area contributed by atoms with Crippen molar-refractivity contribution in [2.45, 2.75) is 13.3 Å². The van der Waals surface area contributed by atoms with Crippen LogP contribution in [0.3, 0.4) is 0 Å². The molecule has 120 valence electrons. The predicted molar refractivity (Wildman–Crippen MR) is 85.1 cm³/mol. The fraction of sp³-hybridized carbons (Fsp3) is 0.222. The highest BCUT2D eigenvalue weighted by Gasteiger charge is 2.04. The largest absolute Gasteiger partial charge is 0.484 e. The summed E-state index contributed by atoms with van der Waals surface area (Å²) in [7, 11) is 0. The Kier molecular flexibility index (Phi) is 5.86. The van der Waals surface area contributed by atoms with Gasteiger partial charge in [0.1, 0.15) is 11.6 Å². The molecule has 23 heavy (non-hydrogen) atoms. The van der Waals surface area contributed by atoms with Crippen LogP contribution in [-0.4, -0.2) is 24.8 Å².